The van der Waals surface area contributed by atoms with Crippen molar-refractivity contribution in [1.29, 1.82) is 0 Å². The van der Waals surface area contributed by atoms with Crippen molar-refractivity contribution in [2.45, 2.75) is 20.0 Å². The number of hydrogen-bond acceptors (Lipinski definition) is 3. The molecule has 0 aromatic carbocycles. The van der Waals surface area contributed by atoms with E-state index in [2.05, 4.69) is 4.98 Å². The van der Waals surface area contributed by atoms with Gasteiger partial charge in [-0.3, -0.25) is 0 Å². The minimum atomic E-state index is -1.04. The molecule has 0 unspecified atom stereocenters. The van der Waals surface area contributed by atoms with Gasteiger partial charge in [0.1, 0.15) is 0 Å². The molecule has 3 nitrogen and oxygen atoms in total. The Bertz CT molecular complexity index is 332. The Kier molecular flexibility index (Phi) is 3.11. The molecule has 0 bridgehead atoms. The van der Waals surface area contributed by atoms with Crippen molar-refractivity contribution < 1.29 is 18.3 Å². The van der Waals surface area contributed by atoms with E-state index in [0.29, 0.717) is 0 Å². The van der Waals surface area contributed by atoms with E-state index in [4.69, 9.17) is 4.74 Å². The van der Waals surface area contributed by atoms with Gasteiger partial charge in [-0.1, -0.05) is 0 Å². The summed E-state index contributed by atoms with van der Waals surface area (Å²) >= 11 is 0. The summed E-state index contributed by atoms with van der Waals surface area (Å²) < 4.78 is 29.9. The molecule has 0 atom stereocenters. The van der Waals surface area contributed by atoms with Gasteiger partial charge in [0.2, 0.25) is 11.9 Å². The molecule has 5 heteroatoms. The highest BCUT2D eigenvalue weighted by atomic mass is 19.1. The summed E-state index contributed by atoms with van der Waals surface area (Å²) in [5.41, 5.74) is -0.177. The van der Waals surface area contributed by atoms with Crippen LogP contribution in [0.5, 0.6) is 0 Å². The van der Waals surface area contributed by atoms with E-state index in [1.807, 2.05) is 0 Å². The van der Waals surface area contributed by atoms with Crippen LogP contribution in [-0.4, -0.2) is 17.1 Å². The molecule has 14 heavy (non-hydrogen) atoms. The van der Waals surface area contributed by atoms with Gasteiger partial charge >= 0.3 is 5.97 Å². The molecular formula is C9H9F2NO2. The van der Waals surface area contributed by atoms with Crippen LogP contribution in [-0.2, 0) is 4.74 Å². The van der Waals surface area contributed by atoms with Crippen LogP contribution >= 0.6 is 0 Å². The zero-order valence-corrected chi connectivity index (χ0v) is 7.75. The SMILES string of the molecule is CC(C)OC(=O)c1cc(F)nc(F)c1. The Morgan fingerprint density at radius 2 is 1.86 bits per heavy atom. The average molecular weight is 201 g/mol. The fourth-order valence-corrected chi connectivity index (χ4v) is 0.865. The Morgan fingerprint density at radius 3 is 2.29 bits per heavy atom. The molecule has 1 heterocycles. The smallest absolute Gasteiger partial charge is 0.338 e. The fraction of sp³-hybridized carbons (Fsp3) is 0.333. The summed E-state index contributed by atoms with van der Waals surface area (Å²) in [4.78, 5) is 14.0. The number of pyridine rings is 1. The molecule has 0 saturated carbocycles. The highest BCUT2D eigenvalue weighted by Gasteiger charge is 2.12. The van der Waals surface area contributed by atoms with Crippen LogP contribution in [0.1, 0.15) is 24.2 Å². The van der Waals surface area contributed by atoms with Crippen molar-refractivity contribution in [2.75, 3.05) is 0 Å². The van der Waals surface area contributed by atoms with Crippen molar-refractivity contribution in [3.63, 3.8) is 0 Å². The van der Waals surface area contributed by atoms with Crippen LogP contribution in [0.25, 0.3) is 0 Å². The van der Waals surface area contributed by atoms with E-state index >= 15 is 0 Å². The number of rotatable bonds is 2. The summed E-state index contributed by atoms with van der Waals surface area (Å²) in [5, 5.41) is 0. The maximum atomic E-state index is 12.6. The average Bonchev–Trinajstić information content (AvgIpc) is 2.00. The Labute approximate surface area is 79.7 Å². The van der Waals surface area contributed by atoms with Gasteiger partial charge in [0.25, 0.3) is 0 Å². The van der Waals surface area contributed by atoms with E-state index in [9.17, 15) is 13.6 Å². The van der Waals surface area contributed by atoms with Crippen molar-refractivity contribution >= 4 is 5.97 Å². The van der Waals surface area contributed by atoms with Gasteiger partial charge in [0.05, 0.1) is 11.7 Å². The quantitative estimate of drug-likeness (QED) is 0.542. The minimum absolute atomic E-state index is 0.177. The summed E-state index contributed by atoms with van der Waals surface area (Å²) in [7, 11) is 0. The zero-order valence-electron chi connectivity index (χ0n) is 7.75. The summed E-state index contributed by atoms with van der Waals surface area (Å²) in [6, 6.07) is 1.65. The Morgan fingerprint density at radius 1 is 1.36 bits per heavy atom. The lowest BCUT2D eigenvalue weighted by Gasteiger charge is -2.07. The number of nitrogens with zero attached hydrogens (tertiary/aromatic N) is 1. The van der Waals surface area contributed by atoms with Gasteiger partial charge in [-0.25, -0.2) is 4.79 Å². The maximum Gasteiger partial charge on any atom is 0.338 e. The molecule has 0 aliphatic carbocycles. The first-order valence-electron chi connectivity index (χ1n) is 4.03. The number of aromatic nitrogens is 1. The molecule has 0 fully saturated rings. The van der Waals surface area contributed by atoms with E-state index in [0.717, 1.165) is 12.1 Å². The second kappa shape index (κ2) is 4.13. The lowest BCUT2D eigenvalue weighted by atomic mass is 10.2. The van der Waals surface area contributed by atoms with E-state index in [1.54, 1.807) is 13.8 Å². The van der Waals surface area contributed by atoms with Crippen LogP contribution in [0.3, 0.4) is 0 Å². The predicted octanol–water partition coefficient (Wildman–Crippen LogP) is 1.93. The Hall–Kier alpha value is -1.52. The van der Waals surface area contributed by atoms with Gasteiger partial charge in [-0.15, -0.1) is 0 Å². The molecule has 0 aliphatic heterocycles. The standard InChI is InChI=1S/C9H9F2NO2/c1-5(2)14-9(13)6-3-7(10)12-8(11)4-6/h3-5H,1-2H3. The van der Waals surface area contributed by atoms with Crippen molar-refractivity contribution in [3.8, 4) is 0 Å². The molecule has 0 N–H and O–H groups in total. The second-order valence-electron chi connectivity index (χ2n) is 2.96. The van der Waals surface area contributed by atoms with Crippen LogP contribution < -0.4 is 0 Å². The third-order valence-corrected chi connectivity index (χ3v) is 1.34. The molecule has 0 amide bonds. The molecule has 1 aromatic heterocycles. The first-order chi connectivity index (χ1) is 6.49. The molecule has 0 radical (unpaired) electrons. The number of carbonyl (C=O) groups is 1. The van der Waals surface area contributed by atoms with Crippen LogP contribution in [0.4, 0.5) is 8.78 Å². The number of halogens is 2. The van der Waals surface area contributed by atoms with Crippen molar-refractivity contribution in [2.24, 2.45) is 0 Å². The molecular weight excluding hydrogens is 192 g/mol. The maximum absolute atomic E-state index is 12.6. The van der Waals surface area contributed by atoms with E-state index in [1.165, 1.54) is 0 Å². The highest BCUT2D eigenvalue weighted by molar-refractivity contribution is 5.89. The predicted molar refractivity (Wildman–Crippen MR) is 44.7 cm³/mol. The molecule has 0 saturated heterocycles. The third-order valence-electron chi connectivity index (χ3n) is 1.34. The second-order valence-corrected chi connectivity index (χ2v) is 2.96. The number of hydrogen-bond donors (Lipinski definition) is 0. The number of carbonyl (C=O) groups excluding carboxylic acids is 1. The molecule has 0 aliphatic rings. The largest absolute Gasteiger partial charge is 0.459 e. The fourth-order valence-electron chi connectivity index (χ4n) is 0.865. The van der Waals surface area contributed by atoms with Gasteiger partial charge in [-0.05, 0) is 13.8 Å². The summed E-state index contributed by atoms with van der Waals surface area (Å²) in [6.45, 7) is 3.29. The highest BCUT2D eigenvalue weighted by Crippen LogP contribution is 2.07. The third kappa shape index (κ3) is 2.76. The van der Waals surface area contributed by atoms with E-state index in [-0.39, 0.29) is 11.7 Å². The number of ether oxygens (including phenoxy) is 1. The Balaban J connectivity index is 2.90. The van der Waals surface area contributed by atoms with Gasteiger partial charge < -0.3 is 4.74 Å². The minimum Gasteiger partial charge on any atom is -0.459 e. The monoisotopic (exact) mass is 201 g/mol. The van der Waals surface area contributed by atoms with Crippen LogP contribution in [0.2, 0.25) is 0 Å². The van der Waals surface area contributed by atoms with E-state index < -0.39 is 17.9 Å². The van der Waals surface area contributed by atoms with Crippen molar-refractivity contribution in [3.05, 3.63) is 29.6 Å². The molecule has 1 rings (SSSR count). The zero-order chi connectivity index (χ0) is 10.7. The van der Waals surface area contributed by atoms with Crippen LogP contribution in [0.15, 0.2) is 12.1 Å². The molecule has 76 valence electrons. The summed E-state index contributed by atoms with van der Waals surface area (Å²) in [5.74, 6) is -2.85. The number of esters is 1. The van der Waals surface area contributed by atoms with Crippen molar-refractivity contribution in [1.82, 2.24) is 4.98 Å². The van der Waals surface area contributed by atoms with Gasteiger partial charge in [0.15, 0.2) is 0 Å². The molecule has 1 aromatic rings. The van der Waals surface area contributed by atoms with Gasteiger partial charge in [0, 0.05) is 12.1 Å². The van der Waals surface area contributed by atoms with Crippen LogP contribution in [0, 0.1) is 11.9 Å². The first kappa shape index (κ1) is 10.6. The lowest BCUT2D eigenvalue weighted by Crippen LogP contribution is -2.12. The summed E-state index contributed by atoms with van der Waals surface area (Å²) in [6.07, 6.45) is -0.332. The molecule has 0 spiro atoms. The lowest BCUT2D eigenvalue weighted by molar-refractivity contribution is 0.0376. The first-order valence-corrected chi connectivity index (χ1v) is 4.03. The topological polar surface area (TPSA) is 39.2 Å². The normalized spacial score (nSPS) is 10.4. The van der Waals surface area contributed by atoms with Gasteiger partial charge in [-0.2, -0.15) is 13.8 Å².